The average molecular weight is 371 g/mol. The Hall–Kier alpha value is -1.63. The van der Waals surface area contributed by atoms with Crippen molar-refractivity contribution in [2.45, 2.75) is 6.54 Å². The average Bonchev–Trinajstić information content (AvgIpc) is 2.88. The quantitative estimate of drug-likeness (QED) is 0.833. The van der Waals surface area contributed by atoms with Crippen molar-refractivity contribution in [3.05, 3.63) is 51.5 Å². The number of carbonyl (C=O) groups is 1. The van der Waals surface area contributed by atoms with Gasteiger partial charge in [0.05, 0.1) is 5.02 Å². The molecule has 3 rings (SSSR count). The maximum absolute atomic E-state index is 13.1. The van der Waals surface area contributed by atoms with Gasteiger partial charge in [-0.2, -0.15) is 5.10 Å². The Balaban J connectivity index is 1.59. The minimum absolute atomic E-state index is 0.153. The molecular formula is C16H17Cl2FN4O. The lowest BCUT2D eigenvalue weighted by molar-refractivity contribution is 0.0622. The number of hydrogen-bond donors (Lipinski definition) is 0. The molecule has 1 fully saturated rings. The molecule has 1 aliphatic rings. The number of nitrogens with zero attached hydrogens (tertiary/aromatic N) is 4. The van der Waals surface area contributed by atoms with Crippen LogP contribution in [0.15, 0.2) is 24.4 Å². The van der Waals surface area contributed by atoms with Crippen molar-refractivity contribution in [2.75, 3.05) is 26.2 Å². The van der Waals surface area contributed by atoms with Crippen LogP contribution in [-0.4, -0.2) is 51.7 Å². The van der Waals surface area contributed by atoms with Gasteiger partial charge >= 0.3 is 0 Å². The van der Waals surface area contributed by atoms with E-state index in [9.17, 15) is 9.18 Å². The first-order valence-electron chi connectivity index (χ1n) is 7.59. The lowest BCUT2D eigenvalue weighted by Gasteiger charge is -2.34. The van der Waals surface area contributed by atoms with E-state index in [4.69, 9.17) is 23.2 Å². The Bertz CT molecular complexity index is 757. The summed E-state index contributed by atoms with van der Waals surface area (Å²) >= 11 is 12.1. The number of halogens is 3. The Morgan fingerprint density at radius 2 is 1.92 bits per heavy atom. The number of hydrogen-bond acceptors (Lipinski definition) is 3. The first-order chi connectivity index (χ1) is 11.4. The van der Waals surface area contributed by atoms with Gasteiger partial charge in [0.15, 0.2) is 5.69 Å². The molecule has 5 nitrogen and oxygen atoms in total. The number of benzene rings is 1. The molecule has 0 unspecified atom stereocenters. The summed E-state index contributed by atoms with van der Waals surface area (Å²) in [7, 11) is 1.73. The van der Waals surface area contributed by atoms with Gasteiger partial charge in [-0.1, -0.05) is 29.3 Å². The highest BCUT2D eigenvalue weighted by Crippen LogP contribution is 2.21. The maximum atomic E-state index is 13.1. The van der Waals surface area contributed by atoms with Crippen LogP contribution in [0.5, 0.6) is 0 Å². The van der Waals surface area contributed by atoms with Crippen LogP contribution in [0.1, 0.15) is 16.1 Å². The van der Waals surface area contributed by atoms with E-state index < -0.39 is 0 Å². The number of piperazine rings is 1. The second-order valence-electron chi connectivity index (χ2n) is 5.80. The molecule has 0 saturated carbocycles. The van der Waals surface area contributed by atoms with Crippen molar-refractivity contribution < 1.29 is 9.18 Å². The molecule has 1 aromatic heterocycles. The molecule has 1 aliphatic heterocycles. The van der Waals surface area contributed by atoms with Crippen molar-refractivity contribution in [3.63, 3.8) is 0 Å². The number of carbonyl (C=O) groups excluding carboxylic acids is 1. The molecule has 1 aromatic carbocycles. The Kier molecular flexibility index (Phi) is 5.08. The molecule has 128 valence electrons. The van der Waals surface area contributed by atoms with E-state index in [0.29, 0.717) is 42.8 Å². The van der Waals surface area contributed by atoms with Crippen molar-refractivity contribution in [1.82, 2.24) is 19.6 Å². The Labute approximate surface area is 149 Å². The van der Waals surface area contributed by atoms with Crippen LogP contribution in [0, 0.1) is 5.82 Å². The summed E-state index contributed by atoms with van der Waals surface area (Å²) < 4.78 is 14.6. The zero-order valence-electron chi connectivity index (χ0n) is 13.2. The molecule has 2 heterocycles. The third-order valence-corrected chi connectivity index (χ3v) is 4.68. The van der Waals surface area contributed by atoms with E-state index in [1.807, 2.05) is 0 Å². The highest BCUT2D eigenvalue weighted by atomic mass is 35.5. The number of aryl methyl sites for hydroxylation is 1. The summed E-state index contributed by atoms with van der Waals surface area (Å²) in [5, 5.41) is 4.91. The van der Waals surface area contributed by atoms with Crippen molar-refractivity contribution in [2.24, 2.45) is 7.05 Å². The van der Waals surface area contributed by atoms with E-state index in [1.54, 1.807) is 24.2 Å². The second-order valence-corrected chi connectivity index (χ2v) is 6.62. The fraction of sp³-hybridized carbons (Fsp3) is 0.375. The van der Waals surface area contributed by atoms with Crippen LogP contribution < -0.4 is 0 Å². The summed E-state index contributed by atoms with van der Waals surface area (Å²) in [5.74, 6) is -0.494. The van der Waals surface area contributed by atoms with Crippen LogP contribution in [0.4, 0.5) is 4.39 Å². The Morgan fingerprint density at radius 1 is 1.21 bits per heavy atom. The molecule has 0 atom stereocenters. The maximum Gasteiger partial charge on any atom is 0.276 e. The summed E-state index contributed by atoms with van der Waals surface area (Å²) in [6.07, 6.45) is 1.61. The van der Waals surface area contributed by atoms with E-state index in [0.717, 1.165) is 5.56 Å². The summed E-state index contributed by atoms with van der Waals surface area (Å²) in [4.78, 5) is 16.4. The fourth-order valence-corrected chi connectivity index (χ4v) is 3.24. The van der Waals surface area contributed by atoms with Crippen LogP contribution in [0.2, 0.25) is 10.0 Å². The Morgan fingerprint density at radius 3 is 2.50 bits per heavy atom. The smallest absolute Gasteiger partial charge is 0.276 e. The lowest BCUT2D eigenvalue weighted by Crippen LogP contribution is -2.48. The van der Waals surface area contributed by atoms with Gasteiger partial charge in [0.1, 0.15) is 5.82 Å². The summed E-state index contributed by atoms with van der Waals surface area (Å²) in [5.41, 5.74) is 1.17. The largest absolute Gasteiger partial charge is 0.335 e. The van der Waals surface area contributed by atoms with Crippen molar-refractivity contribution >= 4 is 29.1 Å². The molecule has 0 radical (unpaired) electrons. The first-order valence-corrected chi connectivity index (χ1v) is 8.34. The van der Waals surface area contributed by atoms with Crippen LogP contribution in [-0.2, 0) is 13.6 Å². The number of rotatable bonds is 3. The van der Waals surface area contributed by atoms with Gasteiger partial charge in [0, 0.05) is 51.0 Å². The van der Waals surface area contributed by atoms with Crippen LogP contribution >= 0.6 is 23.2 Å². The molecule has 1 amide bonds. The predicted octanol–water partition coefficient (Wildman–Crippen LogP) is 2.82. The zero-order chi connectivity index (χ0) is 17.3. The summed E-state index contributed by atoms with van der Waals surface area (Å²) in [6, 6.07) is 4.42. The van der Waals surface area contributed by atoms with Gasteiger partial charge in [-0.3, -0.25) is 14.4 Å². The molecule has 0 N–H and O–H groups in total. The molecule has 0 aliphatic carbocycles. The molecule has 0 bridgehead atoms. The SMILES string of the molecule is Cn1cc(Cl)c(C(=O)N2CCN(Cc3ccc(F)cc3Cl)CC2)n1. The lowest BCUT2D eigenvalue weighted by atomic mass is 10.2. The van der Waals surface area contributed by atoms with Crippen LogP contribution in [0.25, 0.3) is 0 Å². The topological polar surface area (TPSA) is 41.4 Å². The van der Waals surface area contributed by atoms with Crippen LogP contribution in [0.3, 0.4) is 0 Å². The van der Waals surface area contributed by atoms with E-state index >= 15 is 0 Å². The number of aromatic nitrogens is 2. The monoisotopic (exact) mass is 370 g/mol. The van der Waals surface area contributed by atoms with E-state index in [2.05, 4.69) is 10.00 Å². The molecular weight excluding hydrogens is 354 g/mol. The highest BCUT2D eigenvalue weighted by molar-refractivity contribution is 6.33. The van der Waals surface area contributed by atoms with Gasteiger partial charge in [-0.25, -0.2) is 4.39 Å². The third-order valence-electron chi connectivity index (χ3n) is 4.06. The van der Waals surface area contributed by atoms with Crippen molar-refractivity contribution in [3.8, 4) is 0 Å². The zero-order valence-corrected chi connectivity index (χ0v) is 14.7. The van der Waals surface area contributed by atoms with Crippen molar-refractivity contribution in [1.29, 1.82) is 0 Å². The molecule has 8 heteroatoms. The second kappa shape index (κ2) is 7.09. The molecule has 0 spiro atoms. The third kappa shape index (κ3) is 3.71. The summed E-state index contributed by atoms with van der Waals surface area (Å²) in [6.45, 7) is 3.23. The normalized spacial score (nSPS) is 15.8. The molecule has 24 heavy (non-hydrogen) atoms. The van der Waals surface area contributed by atoms with Gasteiger partial charge in [-0.05, 0) is 17.7 Å². The number of amides is 1. The molecule has 1 saturated heterocycles. The first kappa shape index (κ1) is 17.2. The highest BCUT2D eigenvalue weighted by Gasteiger charge is 2.25. The minimum atomic E-state index is -0.341. The minimum Gasteiger partial charge on any atom is -0.335 e. The predicted molar refractivity (Wildman–Crippen MR) is 90.8 cm³/mol. The van der Waals surface area contributed by atoms with Gasteiger partial charge in [0.2, 0.25) is 0 Å². The van der Waals surface area contributed by atoms with Gasteiger partial charge in [0.25, 0.3) is 5.91 Å². The van der Waals surface area contributed by atoms with Gasteiger partial charge in [-0.15, -0.1) is 0 Å². The van der Waals surface area contributed by atoms with E-state index in [1.165, 1.54) is 16.8 Å². The van der Waals surface area contributed by atoms with E-state index in [-0.39, 0.29) is 17.4 Å². The fourth-order valence-electron chi connectivity index (χ4n) is 2.75. The standard InChI is InChI=1S/C16H17Cl2FN4O/c1-21-10-14(18)15(20-21)16(24)23-6-4-22(5-7-23)9-11-2-3-12(19)8-13(11)17/h2-3,8,10H,4-7,9H2,1H3. The molecule has 2 aromatic rings. The van der Waals surface area contributed by atoms with Gasteiger partial charge < -0.3 is 4.90 Å².